The van der Waals surface area contributed by atoms with E-state index in [-0.39, 0.29) is 5.91 Å². The first-order valence-corrected chi connectivity index (χ1v) is 8.01. The van der Waals surface area contributed by atoms with E-state index in [1.54, 1.807) is 23.6 Å². The van der Waals surface area contributed by atoms with Gasteiger partial charge in [0.2, 0.25) is 5.91 Å². The van der Waals surface area contributed by atoms with Crippen molar-refractivity contribution in [2.24, 2.45) is 0 Å². The van der Waals surface area contributed by atoms with Crippen LogP contribution < -0.4 is 5.32 Å². The van der Waals surface area contributed by atoms with Gasteiger partial charge in [0, 0.05) is 28.4 Å². The van der Waals surface area contributed by atoms with Crippen LogP contribution in [0.4, 0.5) is 5.69 Å². The summed E-state index contributed by atoms with van der Waals surface area (Å²) >= 11 is 1.59. The van der Waals surface area contributed by atoms with Crippen LogP contribution in [0, 0.1) is 6.92 Å². The zero-order valence-electron chi connectivity index (χ0n) is 12.6. The maximum absolute atomic E-state index is 12.0. The van der Waals surface area contributed by atoms with Crippen LogP contribution in [-0.2, 0) is 4.79 Å². The van der Waals surface area contributed by atoms with E-state index in [0.29, 0.717) is 0 Å². The highest BCUT2D eigenvalue weighted by Crippen LogP contribution is 2.20. The lowest BCUT2D eigenvalue weighted by Gasteiger charge is -2.06. The second-order valence-electron chi connectivity index (χ2n) is 4.91. The second-order valence-corrected chi connectivity index (χ2v) is 5.89. The van der Waals surface area contributed by atoms with Gasteiger partial charge >= 0.3 is 0 Å². The number of aryl methyl sites for hydroxylation is 1. The Bertz CT molecular complexity index is 841. The molecule has 4 nitrogen and oxygen atoms in total. The molecule has 0 saturated heterocycles. The number of anilines is 1. The van der Waals surface area contributed by atoms with E-state index in [1.807, 2.05) is 54.8 Å². The van der Waals surface area contributed by atoms with Crippen molar-refractivity contribution in [3.05, 3.63) is 70.8 Å². The molecule has 1 N–H and O–H groups in total. The number of carbonyl (C=O) groups excluding carboxylic acids is 1. The SMILES string of the molecule is Cc1nccc(-c2cccc(NC(=O)/C=C/c3cccs3)c2)n1. The summed E-state index contributed by atoms with van der Waals surface area (Å²) in [5.74, 6) is 0.560. The molecule has 2 heterocycles. The number of carbonyl (C=O) groups is 1. The highest BCUT2D eigenvalue weighted by atomic mass is 32.1. The maximum Gasteiger partial charge on any atom is 0.248 e. The van der Waals surface area contributed by atoms with Gasteiger partial charge in [0.25, 0.3) is 0 Å². The van der Waals surface area contributed by atoms with Crippen LogP contribution in [0.5, 0.6) is 0 Å². The van der Waals surface area contributed by atoms with Crippen LogP contribution in [0.25, 0.3) is 17.3 Å². The van der Waals surface area contributed by atoms with Crippen molar-refractivity contribution >= 4 is 29.0 Å². The molecular formula is C18H15N3OS. The Kier molecular flexibility index (Phi) is 4.59. The van der Waals surface area contributed by atoms with Crippen LogP contribution in [0.15, 0.2) is 60.1 Å². The van der Waals surface area contributed by atoms with E-state index >= 15 is 0 Å². The van der Waals surface area contributed by atoms with E-state index in [0.717, 1.165) is 27.6 Å². The average Bonchev–Trinajstić information content (AvgIpc) is 3.07. The molecule has 0 bridgehead atoms. The summed E-state index contributed by atoms with van der Waals surface area (Å²) in [5.41, 5.74) is 2.51. The molecule has 0 unspecified atom stereocenters. The number of rotatable bonds is 4. The van der Waals surface area contributed by atoms with Gasteiger partial charge in [0.1, 0.15) is 5.82 Å². The standard InChI is InChI=1S/C18H15N3OS/c1-13-19-10-9-17(20-13)14-4-2-5-15(12-14)21-18(22)8-7-16-6-3-11-23-16/h2-12H,1H3,(H,21,22)/b8-7+. The van der Waals surface area contributed by atoms with E-state index in [1.165, 1.54) is 6.08 Å². The lowest BCUT2D eigenvalue weighted by molar-refractivity contribution is -0.111. The Hall–Kier alpha value is -2.79. The van der Waals surface area contributed by atoms with E-state index in [4.69, 9.17) is 0 Å². The molecule has 23 heavy (non-hydrogen) atoms. The van der Waals surface area contributed by atoms with E-state index in [2.05, 4.69) is 15.3 Å². The second kappa shape index (κ2) is 6.98. The quantitative estimate of drug-likeness (QED) is 0.734. The number of thiophene rings is 1. The molecule has 0 aliphatic carbocycles. The summed E-state index contributed by atoms with van der Waals surface area (Å²) in [6.07, 6.45) is 5.07. The monoisotopic (exact) mass is 321 g/mol. The van der Waals surface area contributed by atoms with Crippen molar-refractivity contribution < 1.29 is 4.79 Å². The third-order valence-corrected chi connectivity index (χ3v) is 3.98. The first-order valence-electron chi connectivity index (χ1n) is 7.13. The highest BCUT2D eigenvalue weighted by Gasteiger charge is 2.03. The molecule has 0 radical (unpaired) electrons. The molecule has 2 aromatic heterocycles. The van der Waals surface area contributed by atoms with Crippen molar-refractivity contribution in [1.29, 1.82) is 0 Å². The van der Waals surface area contributed by atoms with E-state index < -0.39 is 0 Å². The van der Waals surface area contributed by atoms with Gasteiger partial charge in [-0.25, -0.2) is 9.97 Å². The maximum atomic E-state index is 12.0. The molecule has 3 rings (SSSR count). The predicted molar refractivity (Wildman–Crippen MR) is 94.2 cm³/mol. The van der Waals surface area contributed by atoms with Gasteiger partial charge in [-0.05, 0) is 42.6 Å². The summed E-state index contributed by atoms with van der Waals surface area (Å²) < 4.78 is 0. The smallest absolute Gasteiger partial charge is 0.248 e. The zero-order chi connectivity index (χ0) is 16.1. The fraction of sp³-hybridized carbons (Fsp3) is 0.0556. The number of hydrogen-bond donors (Lipinski definition) is 1. The summed E-state index contributed by atoms with van der Waals surface area (Å²) in [5, 5.41) is 4.84. The minimum atomic E-state index is -0.158. The lowest BCUT2D eigenvalue weighted by Crippen LogP contribution is -2.07. The van der Waals surface area contributed by atoms with Crippen LogP contribution >= 0.6 is 11.3 Å². The topological polar surface area (TPSA) is 54.9 Å². The zero-order valence-corrected chi connectivity index (χ0v) is 13.4. The third kappa shape index (κ3) is 4.11. The van der Waals surface area contributed by atoms with Crippen molar-refractivity contribution in [2.75, 3.05) is 5.32 Å². The first-order chi connectivity index (χ1) is 11.2. The summed E-state index contributed by atoms with van der Waals surface area (Å²) in [6.45, 7) is 1.85. The molecule has 1 aromatic carbocycles. The molecule has 0 saturated carbocycles. The van der Waals surface area contributed by atoms with Crippen molar-refractivity contribution in [3.8, 4) is 11.3 Å². The number of nitrogens with zero attached hydrogens (tertiary/aromatic N) is 2. The molecule has 114 valence electrons. The minimum absolute atomic E-state index is 0.158. The van der Waals surface area contributed by atoms with E-state index in [9.17, 15) is 4.79 Å². The lowest BCUT2D eigenvalue weighted by atomic mass is 10.1. The molecule has 1 amide bonds. The first kappa shape index (κ1) is 15.1. The highest BCUT2D eigenvalue weighted by molar-refractivity contribution is 7.10. The van der Waals surface area contributed by atoms with Crippen LogP contribution in [0.3, 0.4) is 0 Å². The van der Waals surface area contributed by atoms with Gasteiger partial charge in [-0.1, -0.05) is 18.2 Å². The molecule has 0 spiro atoms. The number of aromatic nitrogens is 2. The molecule has 0 fully saturated rings. The van der Waals surface area contributed by atoms with Gasteiger partial charge in [-0.3, -0.25) is 4.79 Å². The Morgan fingerprint density at radius 3 is 2.91 bits per heavy atom. The van der Waals surface area contributed by atoms with Crippen molar-refractivity contribution in [1.82, 2.24) is 9.97 Å². The number of hydrogen-bond acceptors (Lipinski definition) is 4. The Labute approximate surface area is 138 Å². The summed E-state index contributed by atoms with van der Waals surface area (Å²) in [7, 11) is 0. The molecular weight excluding hydrogens is 306 g/mol. The number of nitrogens with one attached hydrogen (secondary N) is 1. The van der Waals surface area contributed by atoms with Crippen LogP contribution in [0.2, 0.25) is 0 Å². The fourth-order valence-electron chi connectivity index (χ4n) is 2.10. The summed E-state index contributed by atoms with van der Waals surface area (Å²) in [4.78, 5) is 21.5. The Morgan fingerprint density at radius 1 is 1.22 bits per heavy atom. The van der Waals surface area contributed by atoms with Gasteiger partial charge < -0.3 is 5.32 Å². The minimum Gasteiger partial charge on any atom is -0.322 e. The molecule has 0 atom stereocenters. The fourth-order valence-corrected chi connectivity index (χ4v) is 2.72. The molecule has 3 aromatic rings. The Balaban J connectivity index is 1.74. The molecule has 5 heteroatoms. The summed E-state index contributed by atoms with van der Waals surface area (Å²) in [6, 6.07) is 13.4. The van der Waals surface area contributed by atoms with Gasteiger partial charge in [-0.2, -0.15) is 0 Å². The average molecular weight is 321 g/mol. The van der Waals surface area contributed by atoms with Crippen molar-refractivity contribution in [3.63, 3.8) is 0 Å². The number of benzene rings is 1. The normalized spacial score (nSPS) is 10.8. The van der Waals surface area contributed by atoms with Crippen molar-refractivity contribution in [2.45, 2.75) is 6.92 Å². The third-order valence-electron chi connectivity index (χ3n) is 3.14. The van der Waals surface area contributed by atoms with Gasteiger partial charge in [0.05, 0.1) is 5.69 Å². The molecule has 0 aliphatic rings. The Morgan fingerprint density at radius 2 is 2.13 bits per heavy atom. The molecule has 0 aliphatic heterocycles. The largest absolute Gasteiger partial charge is 0.322 e. The van der Waals surface area contributed by atoms with Gasteiger partial charge in [0.15, 0.2) is 0 Å². The van der Waals surface area contributed by atoms with Gasteiger partial charge in [-0.15, -0.1) is 11.3 Å². The number of amides is 1. The van der Waals surface area contributed by atoms with Crippen LogP contribution in [0.1, 0.15) is 10.7 Å². The predicted octanol–water partition coefficient (Wildman–Crippen LogP) is 4.17. The van der Waals surface area contributed by atoms with Crippen LogP contribution in [-0.4, -0.2) is 15.9 Å².